The van der Waals surface area contributed by atoms with E-state index < -0.39 is 13.0 Å². The number of benzene rings is 1. The average Bonchev–Trinajstić information content (AvgIpc) is 2.40. The zero-order valence-electron chi connectivity index (χ0n) is 11.7. The summed E-state index contributed by atoms with van der Waals surface area (Å²) in [6, 6.07) is 8.60. The largest absolute Gasteiger partial charge is 0.375 e. The van der Waals surface area contributed by atoms with Crippen LogP contribution in [0.5, 0.6) is 0 Å². The van der Waals surface area contributed by atoms with E-state index in [2.05, 4.69) is 36.5 Å². The Kier molecular flexibility index (Phi) is 7.60. The lowest BCUT2D eigenvalue weighted by Crippen LogP contribution is -2.19. The van der Waals surface area contributed by atoms with Crippen molar-refractivity contribution in [2.24, 2.45) is 0 Å². The van der Waals surface area contributed by atoms with E-state index in [1.54, 1.807) is 0 Å². The Labute approximate surface area is 114 Å². The molecular formula is C15H23F2NO. The SMILES string of the molecule is CCCc1ccc(C(CCOCC(F)F)NC)cc1. The Hall–Kier alpha value is -1.00. The highest BCUT2D eigenvalue weighted by molar-refractivity contribution is 5.25. The number of halogens is 2. The molecule has 0 heterocycles. The van der Waals surface area contributed by atoms with Gasteiger partial charge in [-0.2, -0.15) is 0 Å². The summed E-state index contributed by atoms with van der Waals surface area (Å²) in [4.78, 5) is 0. The van der Waals surface area contributed by atoms with Crippen LogP contribution >= 0.6 is 0 Å². The van der Waals surface area contributed by atoms with Gasteiger partial charge in [-0.15, -0.1) is 0 Å². The van der Waals surface area contributed by atoms with Gasteiger partial charge < -0.3 is 10.1 Å². The molecule has 0 bridgehead atoms. The number of nitrogens with one attached hydrogen (secondary N) is 1. The molecule has 0 aromatic heterocycles. The summed E-state index contributed by atoms with van der Waals surface area (Å²) in [7, 11) is 1.87. The Balaban J connectivity index is 2.45. The predicted octanol–water partition coefficient (Wildman–Crippen LogP) is 3.57. The molecule has 0 spiro atoms. The van der Waals surface area contributed by atoms with E-state index in [-0.39, 0.29) is 6.04 Å². The minimum absolute atomic E-state index is 0.147. The molecule has 1 unspecified atom stereocenters. The molecule has 0 amide bonds. The first-order valence-corrected chi connectivity index (χ1v) is 6.79. The molecule has 2 nitrogen and oxygen atoms in total. The van der Waals surface area contributed by atoms with E-state index in [0.29, 0.717) is 13.0 Å². The monoisotopic (exact) mass is 271 g/mol. The number of aryl methyl sites for hydroxylation is 1. The average molecular weight is 271 g/mol. The molecule has 1 N–H and O–H groups in total. The number of hydrogen-bond acceptors (Lipinski definition) is 2. The molecule has 0 saturated heterocycles. The van der Waals surface area contributed by atoms with Gasteiger partial charge in [0.15, 0.2) is 0 Å². The zero-order chi connectivity index (χ0) is 14.1. The van der Waals surface area contributed by atoms with Crippen LogP contribution in [0.4, 0.5) is 8.78 Å². The lowest BCUT2D eigenvalue weighted by molar-refractivity contribution is 0.0145. The first-order chi connectivity index (χ1) is 9.17. The van der Waals surface area contributed by atoms with E-state index >= 15 is 0 Å². The number of hydrogen-bond donors (Lipinski definition) is 1. The highest BCUT2D eigenvalue weighted by atomic mass is 19.3. The molecule has 108 valence electrons. The molecule has 1 atom stereocenters. The van der Waals surface area contributed by atoms with Crippen LogP contribution in [-0.2, 0) is 11.2 Å². The van der Waals surface area contributed by atoms with Crippen molar-refractivity contribution in [1.82, 2.24) is 5.32 Å². The van der Waals surface area contributed by atoms with E-state index in [4.69, 9.17) is 4.74 Å². The van der Waals surface area contributed by atoms with Gasteiger partial charge in [-0.1, -0.05) is 37.6 Å². The van der Waals surface area contributed by atoms with Crippen LogP contribution in [0.3, 0.4) is 0 Å². The Morgan fingerprint density at radius 3 is 2.42 bits per heavy atom. The summed E-state index contributed by atoms with van der Waals surface area (Å²) in [6.07, 6.45) is 0.524. The second kappa shape index (κ2) is 8.99. The van der Waals surface area contributed by atoms with Crippen molar-refractivity contribution in [3.05, 3.63) is 35.4 Å². The molecule has 0 saturated carbocycles. The molecule has 1 aromatic carbocycles. The molecular weight excluding hydrogens is 248 g/mol. The van der Waals surface area contributed by atoms with Crippen LogP contribution in [0, 0.1) is 0 Å². The van der Waals surface area contributed by atoms with Crippen molar-refractivity contribution in [3.63, 3.8) is 0 Å². The van der Waals surface area contributed by atoms with Crippen molar-refractivity contribution in [2.75, 3.05) is 20.3 Å². The van der Waals surface area contributed by atoms with Crippen LogP contribution < -0.4 is 5.32 Å². The summed E-state index contributed by atoms with van der Waals surface area (Å²) in [6.45, 7) is 2.02. The third kappa shape index (κ3) is 6.12. The molecule has 19 heavy (non-hydrogen) atoms. The molecule has 0 fully saturated rings. The van der Waals surface area contributed by atoms with Crippen molar-refractivity contribution < 1.29 is 13.5 Å². The van der Waals surface area contributed by atoms with Gasteiger partial charge in [0, 0.05) is 12.6 Å². The maximum Gasteiger partial charge on any atom is 0.261 e. The van der Waals surface area contributed by atoms with Gasteiger partial charge in [-0.3, -0.25) is 0 Å². The first-order valence-electron chi connectivity index (χ1n) is 6.79. The molecule has 0 aliphatic carbocycles. The molecule has 1 rings (SSSR count). The number of ether oxygens (including phenoxy) is 1. The van der Waals surface area contributed by atoms with Crippen molar-refractivity contribution >= 4 is 0 Å². The van der Waals surface area contributed by atoms with Crippen LogP contribution in [0.25, 0.3) is 0 Å². The normalized spacial score (nSPS) is 12.9. The maximum atomic E-state index is 11.9. The van der Waals surface area contributed by atoms with Gasteiger partial charge in [-0.05, 0) is 31.0 Å². The Bertz CT molecular complexity index is 341. The second-order valence-electron chi connectivity index (χ2n) is 4.59. The van der Waals surface area contributed by atoms with Crippen LogP contribution in [0.2, 0.25) is 0 Å². The Morgan fingerprint density at radius 1 is 1.21 bits per heavy atom. The standard InChI is InChI=1S/C15H23F2NO/c1-3-4-12-5-7-13(8-6-12)14(18-2)9-10-19-11-15(16)17/h5-8,14-15,18H,3-4,9-11H2,1-2H3. The van der Waals surface area contributed by atoms with Gasteiger partial charge in [0.1, 0.15) is 6.61 Å². The quantitative estimate of drug-likeness (QED) is 0.693. The number of alkyl halides is 2. The summed E-state index contributed by atoms with van der Waals surface area (Å²) < 4.78 is 28.8. The van der Waals surface area contributed by atoms with E-state index in [9.17, 15) is 8.78 Å². The van der Waals surface area contributed by atoms with E-state index in [1.165, 1.54) is 11.1 Å². The fraction of sp³-hybridized carbons (Fsp3) is 0.600. The van der Waals surface area contributed by atoms with Gasteiger partial charge in [0.2, 0.25) is 0 Å². The Morgan fingerprint density at radius 2 is 1.89 bits per heavy atom. The van der Waals surface area contributed by atoms with E-state index in [1.807, 2.05) is 7.05 Å². The summed E-state index contributed by atoms with van der Waals surface area (Å²) in [5, 5.41) is 3.19. The highest BCUT2D eigenvalue weighted by Crippen LogP contribution is 2.18. The topological polar surface area (TPSA) is 21.3 Å². The molecule has 4 heteroatoms. The van der Waals surface area contributed by atoms with E-state index in [0.717, 1.165) is 12.8 Å². The zero-order valence-corrected chi connectivity index (χ0v) is 11.7. The van der Waals surface area contributed by atoms with Crippen molar-refractivity contribution in [1.29, 1.82) is 0 Å². The van der Waals surface area contributed by atoms with Crippen LogP contribution in [0.1, 0.15) is 36.9 Å². The van der Waals surface area contributed by atoms with Crippen molar-refractivity contribution in [3.8, 4) is 0 Å². The van der Waals surface area contributed by atoms with Crippen LogP contribution in [0.15, 0.2) is 24.3 Å². The minimum Gasteiger partial charge on any atom is -0.375 e. The maximum absolute atomic E-state index is 11.9. The van der Waals surface area contributed by atoms with Crippen molar-refractivity contribution in [2.45, 2.75) is 38.7 Å². The highest BCUT2D eigenvalue weighted by Gasteiger charge is 2.10. The smallest absolute Gasteiger partial charge is 0.261 e. The molecule has 0 aliphatic rings. The molecule has 0 radical (unpaired) electrons. The molecule has 1 aromatic rings. The third-order valence-electron chi connectivity index (χ3n) is 3.06. The third-order valence-corrected chi connectivity index (χ3v) is 3.06. The summed E-state index contributed by atoms with van der Waals surface area (Å²) >= 11 is 0. The fourth-order valence-electron chi connectivity index (χ4n) is 2.06. The molecule has 0 aliphatic heterocycles. The summed E-state index contributed by atoms with van der Waals surface area (Å²) in [5.41, 5.74) is 2.50. The van der Waals surface area contributed by atoms with Gasteiger partial charge in [0.25, 0.3) is 6.43 Å². The van der Waals surface area contributed by atoms with Gasteiger partial charge >= 0.3 is 0 Å². The lowest BCUT2D eigenvalue weighted by Gasteiger charge is -2.17. The predicted molar refractivity (Wildman–Crippen MR) is 73.7 cm³/mol. The van der Waals surface area contributed by atoms with Crippen LogP contribution in [-0.4, -0.2) is 26.7 Å². The van der Waals surface area contributed by atoms with Gasteiger partial charge in [-0.25, -0.2) is 8.78 Å². The number of rotatable bonds is 9. The summed E-state index contributed by atoms with van der Waals surface area (Å²) in [5.74, 6) is 0. The fourth-order valence-corrected chi connectivity index (χ4v) is 2.06. The minimum atomic E-state index is -2.39. The lowest BCUT2D eigenvalue weighted by atomic mass is 10.0. The second-order valence-corrected chi connectivity index (χ2v) is 4.59. The first kappa shape index (κ1) is 16.1. The van der Waals surface area contributed by atoms with Gasteiger partial charge in [0.05, 0.1) is 0 Å².